The molecule has 0 atom stereocenters. The number of aromatic amines is 1. The molecule has 1 heterocycles. The lowest BCUT2D eigenvalue weighted by Gasteiger charge is -2.05. The van der Waals surface area contributed by atoms with Crippen molar-refractivity contribution in [2.45, 2.75) is 0 Å². The van der Waals surface area contributed by atoms with Crippen molar-refractivity contribution in [2.75, 3.05) is 12.8 Å². The van der Waals surface area contributed by atoms with Gasteiger partial charge in [0.15, 0.2) is 5.17 Å². The summed E-state index contributed by atoms with van der Waals surface area (Å²) < 4.78 is 0. The molecule has 0 saturated carbocycles. The highest BCUT2D eigenvalue weighted by atomic mass is 32.2. The minimum atomic E-state index is 0.370. The molecule has 1 aromatic heterocycles. The number of hydrogen-bond donors (Lipinski definition) is 4. The largest absolute Gasteiger partial charge is 0.399 e. The van der Waals surface area contributed by atoms with Gasteiger partial charge >= 0.3 is 0 Å². The summed E-state index contributed by atoms with van der Waals surface area (Å²) in [5, 5.41) is 9.96. The number of benzene rings is 2. The summed E-state index contributed by atoms with van der Waals surface area (Å²) in [6, 6.07) is 13.6. The number of nitrogens with one attached hydrogen (secondary N) is 2. The van der Waals surface area contributed by atoms with Crippen LogP contribution in [0.25, 0.3) is 22.0 Å². The van der Waals surface area contributed by atoms with Crippen molar-refractivity contribution in [3.8, 4) is 11.1 Å². The number of nitrogens with zero attached hydrogens (tertiary/aromatic N) is 1. The molecule has 0 radical (unpaired) electrons. The number of aliphatic imine (C=N–C) groups is 1. The smallest absolute Gasteiger partial charge is 0.160 e. The normalized spacial score (nSPS) is 11.8. The fourth-order valence-electron chi connectivity index (χ4n) is 2.42. The number of H-pyrrole nitrogens is 1. The van der Waals surface area contributed by atoms with Crippen LogP contribution in [-0.4, -0.2) is 22.2 Å². The Kier molecular flexibility index (Phi) is 4.08. The highest BCUT2D eigenvalue weighted by molar-refractivity contribution is 8.26. The minimum absolute atomic E-state index is 0.370. The van der Waals surface area contributed by atoms with E-state index >= 15 is 0 Å². The van der Waals surface area contributed by atoms with Crippen LogP contribution in [0, 0.1) is 5.41 Å². The maximum absolute atomic E-state index is 8.17. The predicted octanol–water partition coefficient (Wildman–Crippen LogP) is 3.42. The Bertz CT molecular complexity index is 910. The van der Waals surface area contributed by atoms with Gasteiger partial charge < -0.3 is 16.5 Å². The highest BCUT2D eigenvalue weighted by Crippen LogP contribution is 2.31. The minimum Gasteiger partial charge on any atom is -0.399 e. The van der Waals surface area contributed by atoms with Crippen molar-refractivity contribution in [1.29, 1.82) is 5.41 Å². The lowest BCUT2D eigenvalue weighted by atomic mass is 10.0. The van der Waals surface area contributed by atoms with Gasteiger partial charge in [0, 0.05) is 41.0 Å². The van der Waals surface area contributed by atoms with E-state index in [9.17, 15) is 0 Å². The van der Waals surface area contributed by atoms with Gasteiger partial charge in [0.25, 0.3) is 0 Å². The number of hydrogen-bond acceptors (Lipinski definition) is 4. The van der Waals surface area contributed by atoms with Gasteiger partial charge in [-0.3, -0.25) is 10.4 Å². The monoisotopic (exact) mass is 323 g/mol. The zero-order valence-electron chi connectivity index (χ0n) is 12.6. The van der Waals surface area contributed by atoms with E-state index in [1.165, 1.54) is 0 Å². The van der Waals surface area contributed by atoms with Crippen LogP contribution in [0.3, 0.4) is 0 Å². The first kappa shape index (κ1) is 15.2. The van der Waals surface area contributed by atoms with E-state index in [2.05, 4.69) is 9.98 Å². The van der Waals surface area contributed by atoms with Crippen LogP contribution in [-0.2, 0) is 0 Å². The molecule has 0 bridgehead atoms. The molecule has 0 fully saturated rings. The molecule has 0 spiro atoms. The lowest BCUT2D eigenvalue weighted by molar-refractivity contribution is 1.44. The van der Waals surface area contributed by atoms with Crippen molar-refractivity contribution < 1.29 is 0 Å². The van der Waals surface area contributed by atoms with Gasteiger partial charge in [-0.2, -0.15) is 0 Å². The van der Waals surface area contributed by atoms with Crippen LogP contribution in [0.1, 0.15) is 5.56 Å². The third-order valence-corrected chi connectivity index (χ3v) is 4.40. The third-order valence-electron chi connectivity index (χ3n) is 3.57. The van der Waals surface area contributed by atoms with Crippen molar-refractivity contribution in [1.82, 2.24) is 4.98 Å². The van der Waals surface area contributed by atoms with Crippen molar-refractivity contribution in [3.05, 3.63) is 54.2 Å². The number of amidine groups is 1. The summed E-state index contributed by atoms with van der Waals surface area (Å²) in [7, 11) is 1.61. The molecule has 0 aliphatic carbocycles. The van der Waals surface area contributed by atoms with E-state index in [1.807, 2.05) is 48.7 Å². The molecule has 116 valence electrons. The van der Waals surface area contributed by atoms with Crippen LogP contribution in [0.15, 0.2) is 53.7 Å². The van der Waals surface area contributed by atoms with E-state index in [0.29, 0.717) is 10.2 Å². The van der Waals surface area contributed by atoms with E-state index in [4.69, 9.17) is 16.9 Å². The number of nitrogen functional groups attached to an aromatic ring is 1. The number of rotatable bonds is 2. The molecule has 3 aromatic rings. The zero-order chi connectivity index (χ0) is 16.4. The van der Waals surface area contributed by atoms with Crippen molar-refractivity contribution >= 4 is 38.6 Å². The molecular weight excluding hydrogens is 306 g/mol. The van der Waals surface area contributed by atoms with Crippen molar-refractivity contribution in [2.24, 2.45) is 10.7 Å². The Morgan fingerprint density at radius 3 is 2.78 bits per heavy atom. The first-order valence-electron chi connectivity index (χ1n) is 7.04. The fourth-order valence-corrected chi connectivity index (χ4v) is 2.96. The van der Waals surface area contributed by atoms with Gasteiger partial charge in [0.2, 0.25) is 0 Å². The van der Waals surface area contributed by atoms with Crippen LogP contribution < -0.4 is 11.5 Å². The first-order valence-corrected chi connectivity index (χ1v) is 7.86. The topological polar surface area (TPSA) is 104 Å². The number of aromatic nitrogens is 1. The first-order chi connectivity index (χ1) is 11.1. The van der Waals surface area contributed by atoms with Crippen LogP contribution in [0.4, 0.5) is 5.69 Å². The average molecular weight is 323 g/mol. The number of anilines is 1. The summed E-state index contributed by atoms with van der Waals surface area (Å²) in [6.07, 6.45) is 1.96. The van der Waals surface area contributed by atoms with Gasteiger partial charge in [-0.05, 0) is 41.6 Å². The number of fused-ring (bicyclic) bond motifs is 1. The van der Waals surface area contributed by atoms with Gasteiger partial charge in [0.05, 0.1) is 0 Å². The molecule has 6 heteroatoms. The molecule has 0 aliphatic rings. The maximum Gasteiger partial charge on any atom is 0.160 e. The number of nitrogens with two attached hydrogens (primary N) is 2. The Balaban J connectivity index is 2.05. The Hall–Kier alpha value is -2.73. The van der Waals surface area contributed by atoms with Crippen LogP contribution in [0.5, 0.6) is 0 Å². The summed E-state index contributed by atoms with van der Waals surface area (Å²) in [4.78, 5) is 7.14. The zero-order valence-corrected chi connectivity index (χ0v) is 13.4. The second kappa shape index (κ2) is 6.18. The standard InChI is InChI=1S/C17H17N5S/c1-21-17(20)23-16(19)11-5-6-15-13(8-11)14(9-22-15)10-3-2-4-12(18)7-10/h2-9,19,22H,18H2,1H3,(H2,20,21). The van der Waals surface area contributed by atoms with Gasteiger partial charge in [0.1, 0.15) is 5.04 Å². The molecule has 5 nitrogen and oxygen atoms in total. The summed E-state index contributed by atoms with van der Waals surface area (Å²) in [6.45, 7) is 0. The molecule has 2 aromatic carbocycles. The number of thioether (sulfide) groups is 1. The van der Waals surface area contributed by atoms with Crippen LogP contribution in [0.2, 0.25) is 0 Å². The SMILES string of the molecule is CN=C(N)SC(=N)c1ccc2[nH]cc(-c3cccc(N)c3)c2c1. The molecular formula is C17H17N5S. The van der Waals surface area contributed by atoms with Gasteiger partial charge in [-0.25, -0.2) is 0 Å². The molecule has 0 saturated heterocycles. The highest BCUT2D eigenvalue weighted by Gasteiger charge is 2.10. The predicted molar refractivity (Wildman–Crippen MR) is 100 cm³/mol. The molecule has 0 amide bonds. The second-order valence-electron chi connectivity index (χ2n) is 5.08. The van der Waals surface area contributed by atoms with E-state index < -0.39 is 0 Å². The Morgan fingerprint density at radius 1 is 1.22 bits per heavy atom. The Morgan fingerprint density at radius 2 is 2.04 bits per heavy atom. The van der Waals surface area contributed by atoms with Gasteiger partial charge in [-0.15, -0.1) is 0 Å². The van der Waals surface area contributed by atoms with Crippen molar-refractivity contribution in [3.63, 3.8) is 0 Å². The molecule has 0 aliphatic heterocycles. The average Bonchev–Trinajstić information content (AvgIpc) is 2.97. The fraction of sp³-hybridized carbons (Fsp3) is 0.0588. The maximum atomic E-state index is 8.17. The quantitative estimate of drug-likeness (QED) is 0.330. The molecule has 3 rings (SSSR count). The van der Waals surface area contributed by atoms with E-state index in [1.54, 1.807) is 7.05 Å². The van der Waals surface area contributed by atoms with E-state index in [-0.39, 0.29) is 0 Å². The summed E-state index contributed by atoms with van der Waals surface area (Å²) >= 11 is 1.15. The molecule has 23 heavy (non-hydrogen) atoms. The van der Waals surface area contributed by atoms with E-state index in [0.717, 1.165) is 45.0 Å². The lowest BCUT2D eigenvalue weighted by Crippen LogP contribution is -2.10. The summed E-state index contributed by atoms with van der Waals surface area (Å²) in [5.74, 6) is 0. The van der Waals surface area contributed by atoms with Crippen LogP contribution >= 0.6 is 11.8 Å². The second-order valence-corrected chi connectivity index (χ2v) is 6.11. The molecule has 0 unspecified atom stereocenters. The third kappa shape index (κ3) is 3.07. The summed E-state index contributed by atoms with van der Waals surface area (Å²) in [5.41, 5.74) is 16.2. The van der Waals surface area contributed by atoms with Gasteiger partial charge in [-0.1, -0.05) is 18.2 Å². The Labute approximate surface area is 138 Å². The molecule has 6 N–H and O–H groups in total.